The number of carbonyl (C=O) groups is 3. The van der Waals surface area contributed by atoms with Gasteiger partial charge in [-0.25, -0.2) is 9.59 Å². The molecule has 12 heteroatoms. The highest BCUT2D eigenvalue weighted by atomic mass is 16.4. The highest BCUT2D eigenvalue weighted by molar-refractivity contribution is 5.75. The summed E-state index contributed by atoms with van der Waals surface area (Å²) in [6, 6.07) is 0. The molecule has 0 aliphatic carbocycles. The van der Waals surface area contributed by atoms with Gasteiger partial charge in [0.1, 0.15) is 24.1 Å². The minimum absolute atomic E-state index is 0.289. The lowest BCUT2D eigenvalue weighted by atomic mass is 10.0. The minimum Gasteiger partial charge on any atom is -0.479 e. The summed E-state index contributed by atoms with van der Waals surface area (Å²) >= 11 is 0. The van der Waals surface area contributed by atoms with Crippen molar-refractivity contribution in [3.63, 3.8) is 0 Å². The fourth-order valence-corrected chi connectivity index (χ4v) is 1.08. The number of hydrogen-bond donors (Lipinski definition) is 9. The Kier molecular flexibility index (Phi) is 18.8. The number of rotatable bonds is 9. The van der Waals surface area contributed by atoms with E-state index in [1.54, 1.807) is 6.92 Å². The van der Waals surface area contributed by atoms with Gasteiger partial charge in [0.2, 0.25) is 0 Å². The van der Waals surface area contributed by atoms with Crippen LogP contribution in [0.5, 0.6) is 0 Å². The van der Waals surface area contributed by atoms with Crippen molar-refractivity contribution in [2.45, 2.75) is 57.2 Å². The molecule has 9 N–H and O–H groups in total. The third-order valence-corrected chi connectivity index (χ3v) is 2.53. The predicted molar refractivity (Wildman–Crippen MR) is 85.1 cm³/mol. The summed E-state index contributed by atoms with van der Waals surface area (Å²) in [7, 11) is 0. The molecule has 12 nitrogen and oxygen atoms in total. The lowest BCUT2D eigenvalue weighted by molar-refractivity contribution is -0.172. The summed E-state index contributed by atoms with van der Waals surface area (Å²) in [6.07, 6.45) is -8.52. The van der Waals surface area contributed by atoms with Gasteiger partial charge in [0.05, 0.1) is 13.2 Å². The van der Waals surface area contributed by atoms with E-state index in [0.717, 1.165) is 12.8 Å². The second kappa shape index (κ2) is 16.8. The van der Waals surface area contributed by atoms with E-state index in [1.165, 1.54) is 0 Å². The van der Waals surface area contributed by atoms with Crippen molar-refractivity contribution in [1.82, 2.24) is 0 Å². The van der Waals surface area contributed by atoms with Crippen LogP contribution in [0.4, 0.5) is 0 Å². The Morgan fingerprint density at radius 2 is 1.08 bits per heavy atom. The van der Waals surface area contributed by atoms with Crippen LogP contribution in [0.3, 0.4) is 0 Å². The van der Waals surface area contributed by atoms with Crippen molar-refractivity contribution in [3.8, 4) is 0 Å². The van der Waals surface area contributed by atoms with Crippen LogP contribution in [0, 0.1) is 0 Å². The molecule has 0 aliphatic heterocycles. The molecule has 0 spiro atoms. The largest absolute Gasteiger partial charge is 0.479 e. The Morgan fingerprint density at radius 1 is 0.769 bits per heavy atom. The topological polar surface area (TPSA) is 233 Å². The lowest BCUT2D eigenvalue weighted by Crippen LogP contribution is -2.49. The van der Waals surface area contributed by atoms with Crippen LogP contribution in [-0.2, 0) is 14.4 Å². The third kappa shape index (κ3) is 15.8. The molecule has 0 aromatic heterocycles. The molecule has 0 aromatic carbocycles. The fourth-order valence-electron chi connectivity index (χ4n) is 1.08. The zero-order valence-electron chi connectivity index (χ0n) is 14.5. The molecule has 26 heavy (non-hydrogen) atoms. The Bertz CT molecular complexity index is 371. The average molecular weight is 388 g/mol. The SMILES string of the molecule is CCCC(C)=O.O=C(O)C(O)C(O)C(O)C(O)C(=O)O.OCC(O)CO. The normalized spacial score (nSPS) is 14.7. The summed E-state index contributed by atoms with van der Waals surface area (Å²) in [4.78, 5) is 30.2. The van der Waals surface area contributed by atoms with Crippen molar-refractivity contribution >= 4 is 17.7 Å². The number of Topliss-reactive ketones (excluding diaryl/α,β-unsaturated/α-hetero) is 1. The van der Waals surface area contributed by atoms with Gasteiger partial charge in [0.15, 0.2) is 12.2 Å². The quantitative estimate of drug-likeness (QED) is 0.186. The molecule has 0 saturated carbocycles. The van der Waals surface area contributed by atoms with Crippen LogP contribution in [0.1, 0.15) is 26.7 Å². The van der Waals surface area contributed by atoms with E-state index in [1.807, 2.05) is 6.92 Å². The number of carboxylic acids is 2. The maximum absolute atomic E-state index is 10.1. The van der Waals surface area contributed by atoms with E-state index >= 15 is 0 Å². The van der Waals surface area contributed by atoms with Crippen LogP contribution in [0.15, 0.2) is 0 Å². The van der Waals surface area contributed by atoms with E-state index in [4.69, 9.17) is 46.0 Å². The molecular formula is C14H28O12. The van der Waals surface area contributed by atoms with Gasteiger partial charge in [0.25, 0.3) is 0 Å². The number of hydrogen-bond acceptors (Lipinski definition) is 10. The first-order chi connectivity index (χ1) is 11.9. The van der Waals surface area contributed by atoms with Crippen molar-refractivity contribution in [3.05, 3.63) is 0 Å². The molecule has 0 heterocycles. The Labute approximate surface area is 149 Å². The standard InChI is InChI=1S/C6H10O8.C5H10O.C3H8O3/c7-1(3(9)5(11)12)2(8)4(10)6(13)14;1-3-4-5(2)6;4-1-3(6)2-5/h1-4,7-10H,(H,11,12)(H,13,14);3-4H2,1-2H3;3-6H,1-2H2. The molecule has 156 valence electrons. The Balaban J connectivity index is -0.000000364. The Hall–Kier alpha value is -1.67. The van der Waals surface area contributed by atoms with E-state index in [0.29, 0.717) is 0 Å². The van der Waals surface area contributed by atoms with Gasteiger partial charge in [-0.15, -0.1) is 0 Å². The predicted octanol–water partition coefficient (Wildman–Crippen LogP) is -3.69. The number of aliphatic carboxylic acids is 2. The molecule has 0 aliphatic rings. The van der Waals surface area contributed by atoms with Gasteiger partial charge < -0.3 is 50.8 Å². The summed E-state index contributed by atoms with van der Waals surface area (Å²) in [5.41, 5.74) is 0. The first kappa shape index (κ1) is 29.1. The first-order valence-electron chi connectivity index (χ1n) is 7.44. The van der Waals surface area contributed by atoms with Crippen molar-refractivity contribution in [2.24, 2.45) is 0 Å². The molecule has 0 rings (SSSR count). The molecular weight excluding hydrogens is 360 g/mol. The smallest absolute Gasteiger partial charge is 0.335 e. The highest BCUT2D eigenvalue weighted by Crippen LogP contribution is 2.05. The summed E-state index contributed by atoms with van der Waals surface area (Å²) < 4.78 is 0. The second-order valence-corrected chi connectivity index (χ2v) is 5.02. The van der Waals surface area contributed by atoms with Crippen molar-refractivity contribution in [1.29, 1.82) is 0 Å². The number of aliphatic hydroxyl groups is 7. The molecule has 4 unspecified atom stereocenters. The third-order valence-electron chi connectivity index (χ3n) is 2.53. The first-order valence-corrected chi connectivity index (χ1v) is 7.44. The van der Waals surface area contributed by atoms with Crippen LogP contribution >= 0.6 is 0 Å². The van der Waals surface area contributed by atoms with Crippen molar-refractivity contribution in [2.75, 3.05) is 13.2 Å². The van der Waals surface area contributed by atoms with Crippen LogP contribution in [-0.4, -0.2) is 107 Å². The van der Waals surface area contributed by atoms with E-state index in [2.05, 4.69) is 0 Å². The summed E-state index contributed by atoms with van der Waals surface area (Å²) in [6.45, 7) is 2.89. The zero-order valence-corrected chi connectivity index (χ0v) is 14.5. The number of aliphatic hydroxyl groups excluding tert-OH is 7. The van der Waals surface area contributed by atoms with Crippen LogP contribution in [0.25, 0.3) is 0 Å². The molecule has 0 saturated heterocycles. The van der Waals surface area contributed by atoms with Crippen molar-refractivity contribution < 1.29 is 60.3 Å². The number of ketones is 1. The second-order valence-electron chi connectivity index (χ2n) is 5.02. The minimum atomic E-state index is -2.36. The van der Waals surface area contributed by atoms with E-state index in [9.17, 15) is 14.4 Å². The van der Waals surface area contributed by atoms with Gasteiger partial charge in [-0.1, -0.05) is 6.92 Å². The molecule has 4 atom stereocenters. The van der Waals surface area contributed by atoms with Gasteiger partial charge in [-0.2, -0.15) is 0 Å². The summed E-state index contributed by atoms with van der Waals surface area (Å²) in [5, 5.41) is 75.5. The zero-order chi connectivity index (χ0) is 21.4. The van der Waals surface area contributed by atoms with E-state index in [-0.39, 0.29) is 19.0 Å². The lowest BCUT2D eigenvalue weighted by Gasteiger charge is -2.21. The molecule has 0 bridgehead atoms. The number of carbonyl (C=O) groups excluding carboxylic acids is 1. The molecule has 0 radical (unpaired) electrons. The maximum atomic E-state index is 10.1. The summed E-state index contributed by atoms with van der Waals surface area (Å²) in [5.74, 6) is -3.39. The van der Waals surface area contributed by atoms with Gasteiger partial charge in [-0.3, -0.25) is 0 Å². The molecule has 0 fully saturated rings. The highest BCUT2D eigenvalue weighted by Gasteiger charge is 2.37. The molecule has 0 aromatic rings. The maximum Gasteiger partial charge on any atom is 0.335 e. The fraction of sp³-hybridized carbons (Fsp3) is 0.786. The van der Waals surface area contributed by atoms with Crippen LogP contribution < -0.4 is 0 Å². The van der Waals surface area contributed by atoms with Gasteiger partial charge in [0, 0.05) is 6.42 Å². The Morgan fingerprint density at radius 3 is 1.15 bits per heavy atom. The van der Waals surface area contributed by atoms with Gasteiger partial charge >= 0.3 is 11.9 Å². The van der Waals surface area contributed by atoms with Gasteiger partial charge in [-0.05, 0) is 13.3 Å². The van der Waals surface area contributed by atoms with Crippen LogP contribution in [0.2, 0.25) is 0 Å². The number of carboxylic acid groups (broad SMARTS) is 2. The average Bonchev–Trinajstić information content (AvgIpc) is 2.58. The monoisotopic (exact) mass is 388 g/mol. The van der Waals surface area contributed by atoms with E-state index < -0.39 is 42.5 Å². The molecule has 0 amide bonds.